The SMILES string of the molecule is C[C@@]1(C(=O)O)CCCN1C(N)=O. The molecule has 5 heteroatoms. The van der Waals surface area contributed by atoms with E-state index in [1.54, 1.807) is 0 Å². The molecule has 0 aromatic rings. The summed E-state index contributed by atoms with van der Waals surface area (Å²) in [5.41, 5.74) is 3.94. The van der Waals surface area contributed by atoms with Gasteiger partial charge in [0.1, 0.15) is 5.54 Å². The van der Waals surface area contributed by atoms with Gasteiger partial charge in [-0.15, -0.1) is 0 Å². The molecule has 0 aromatic heterocycles. The van der Waals surface area contributed by atoms with Gasteiger partial charge in [-0.2, -0.15) is 0 Å². The standard InChI is InChI=1S/C7H12N2O3/c1-7(5(10)11)3-2-4-9(7)6(8)12/h2-4H2,1H3,(H2,8,12)(H,10,11)/t7-/m0/s1. The maximum absolute atomic E-state index is 10.8. The molecule has 1 fully saturated rings. The molecule has 0 spiro atoms. The molecule has 0 aromatic carbocycles. The summed E-state index contributed by atoms with van der Waals surface area (Å²) < 4.78 is 0. The van der Waals surface area contributed by atoms with Crippen molar-refractivity contribution in [3.05, 3.63) is 0 Å². The van der Waals surface area contributed by atoms with Crippen LogP contribution >= 0.6 is 0 Å². The Morgan fingerprint density at radius 1 is 1.58 bits per heavy atom. The average molecular weight is 172 g/mol. The van der Waals surface area contributed by atoms with Gasteiger partial charge in [0.2, 0.25) is 0 Å². The predicted molar refractivity (Wildman–Crippen MR) is 41.6 cm³/mol. The largest absolute Gasteiger partial charge is 0.480 e. The fraction of sp³-hybridized carbons (Fsp3) is 0.714. The number of rotatable bonds is 1. The number of carboxylic acid groups (broad SMARTS) is 1. The van der Waals surface area contributed by atoms with E-state index in [-0.39, 0.29) is 0 Å². The number of nitrogens with two attached hydrogens (primary N) is 1. The van der Waals surface area contributed by atoms with Gasteiger partial charge in [-0.05, 0) is 19.8 Å². The first-order valence-electron chi connectivity index (χ1n) is 3.79. The Labute approximate surface area is 70.1 Å². The quantitative estimate of drug-likeness (QED) is 0.584. The second-order valence-electron chi connectivity index (χ2n) is 3.17. The third-order valence-corrected chi connectivity index (χ3v) is 2.37. The predicted octanol–water partition coefficient (Wildman–Crippen LogP) is 0.00420. The molecule has 1 aliphatic rings. The smallest absolute Gasteiger partial charge is 0.329 e. The number of primary amides is 1. The van der Waals surface area contributed by atoms with Crippen molar-refractivity contribution in [2.75, 3.05) is 6.54 Å². The Balaban J connectivity index is 2.89. The normalized spacial score (nSPS) is 28.9. The Hall–Kier alpha value is -1.26. The lowest BCUT2D eigenvalue weighted by Gasteiger charge is -2.29. The summed E-state index contributed by atoms with van der Waals surface area (Å²) in [7, 11) is 0. The zero-order chi connectivity index (χ0) is 9.35. The van der Waals surface area contributed by atoms with Gasteiger partial charge in [0.15, 0.2) is 0 Å². The summed E-state index contributed by atoms with van der Waals surface area (Å²) in [6.07, 6.45) is 1.18. The minimum absolute atomic E-state index is 0.443. The van der Waals surface area contributed by atoms with Gasteiger partial charge < -0.3 is 15.7 Å². The molecule has 1 rings (SSSR count). The van der Waals surface area contributed by atoms with Crippen molar-refractivity contribution < 1.29 is 14.7 Å². The molecule has 1 aliphatic heterocycles. The minimum atomic E-state index is -1.09. The first kappa shape index (κ1) is 8.83. The van der Waals surface area contributed by atoms with Gasteiger partial charge in [-0.25, -0.2) is 9.59 Å². The lowest BCUT2D eigenvalue weighted by atomic mass is 10.00. The van der Waals surface area contributed by atoms with Crippen LogP contribution in [0.5, 0.6) is 0 Å². The summed E-state index contributed by atoms with van der Waals surface area (Å²) in [6, 6.07) is -0.655. The van der Waals surface area contributed by atoms with Crippen molar-refractivity contribution in [3.63, 3.8) is 0 Å². The highest BCUT2D eigenvalue weighted by molar-refractivity contribution is 5.85. The van der Waals surface area contributed by atoms with Crippen LogP contribution in [0.15, 0.2) is 0 Å². The molecule has 0 radical (unpaired) electrons. The van der Waals surface area contributed by atoms with Crippen molar-refractivity contribution in [1.29, 1.82) is 0 Å². The van der Waals surface area contributed by atoms with E-state index in [0.29, 0.717) is 19.4 Å². The maximum atomic E-state index is 10.8. The summed E-state index contributed by atoms with van der Waals surface area (Å²) >= 11 is 0. The van der Waals surface area contributed by atoms with Crippen molar-refractivity contribution >= 4 is 12.0 Å². The first-order chi connectivity index (χ1) is 5.48. The zero-order valence-electron chi connectivity index (χ0n) is 6.91. The molecule has 0 bridgehead atoms. The number of hydrogen-bond donors (Lipinski definition) is 2. The van der Waals surface area contributed by atoms with Gasteiger partial charge >= 0.3 is 12.0 Å². The summed E-state index contributed by atoms with van der Waals surface area (Å²) in [5.74, 6) is -0.987. The molecule has 68 valence electrons. The van der Waals surface area contributed by atoms with Gasteiger partial charge in [0.05, 0.1) is 0 Å². The number of carbonyl (C=O) groups is 2. The maximum Gasteiger partial charge on any atom is 0.329 e. The molecule has 12 heavy (non-hydrogen) atoms. The molecule has 3 N–H and O–H groups in total. The molecular formula is C7H12N2O3. The van der Waals surface area contributed by atoms with Gasteiger partial charge in [0.25, 0.3) is 0 Å². The number of urea groups is 1. The molecule has 5 nitrogen and oxygen atoms in total. The summed E-state index contributed by atoms with van der Waals surface area (Å²) in [4.78, 5) is 22.8. The summed E-state index contributed by atoms with van der Waals surface area (Å²) in [6.45, 7) is 1.96. The Kier molecular flexibility index (Phi) is 1.95. The first-order valence-corrected chi connectivity index (χ1v) is 3.79. The van der Waals surface area contributed by atoms with Crippen LogP contribution in [0.2, 0.25) is 0 Å². The highest BCUT2D eigenvalue weighted by Gasteiger charge is 2.45. The summed E-state index contributed by atoms with van der Waals surface area (Å²) in [5, 5.41) is 8.84. The van der Waals surface area contributed by atoms with Crippen LogP contribution < -0.4 is 5.73 Å². The van der Waals surface area contributed by atoms with Crippen LogP contribution in [-0.2, 0) is 4.79 Å². The van der Waals surface area contributed by atoms with E-state index in [4.69, 9.17) is 10.8 Å². The topological polar surface area (TPSA) is 83.6 Å². The Morgan fingerprint density at radius 3 is 2.50 bits per heavy atom. The molecule has 0 unspecified atom stereocenters. The molecule has 0 saturated carbocycles. The van der Waals surface area contributed by atoms with E-state index in [9.17, 15) is 9.59 Å². The van der Waals surface area contributed by atoms with Crippen LogP contribution in [0, 0.1) is 0 Å². The molecular weight excluding hydrogens is 160 g/mol. The van der Waals surface area contributed by atoms with E-state index in [1.807, 2.05) is 0 Å². The number of carboxylic acids is 1. The third-order valence-electron chi connectivity index (χ3n) is 2.37. The molecule has 1 saturated heterocycles. The van der Waals surface area contributed by atoms with Gasteiger partial charge in [-0.1, -0.05) is 0 Å². The van der Waals surface area contributed by atoms with E-state index in [2.05, 4.69) is 0 Å². The molecule has 0 aliphatic carbocycles. The van der Waals surface area contributed by atoms with Crippen LogP contribution in [-0.4, -0.2) is 34.1 Å². The second kappa shape index (κ2) is 2.66. The van der Waals surface area contributed by atoms with Gasteiger partial charge in [-0.3, -0.25) is 0 Å². The lowest BCUT2D eigenvalue weighted by Crippen LogP contribution is -2.52. The lowest BCUT2D eigenvalue weighted by molar-refractivity contribution is -0.147. The number of nitrogens with zero attached hydrogens (tertiary/aromatic N) is 1. The molecule has 1 atom stereocenters. The molecule has 1 heterocycles. The van der Waals surface area contributed by atoms with Crippen molar-refractivity contribution in [3.8, 4) is 0 Å². The minimum Gasteiger partial charge on any atom is -0.480 e. The Morgan fingerprint density at radius 2 is 2.17 bits per heavy atom. The van der Waals surface area contributed by atoms with E-state index < -0.39 is 17.5 Å². The number of aliphatic carboxylic acids is 1. The van der Waals surface area contributed by atoms with Crippen molar-refractivity contribution in [2.24, 2.45) is 5.73 Å². The fourth-order valence-corrected chi connectivity index (χ4v) is 1.54. The van der Waals surface area contributed by atoms with E-state index in [0.717, 1.165) is 0 Å². The van der Waals surface area contributed by atoms with Crippen LogP contribution in [0.4, 0.5) is 4.79 Å². The number of amides is 2. The van der Waals surface area contributed by atoms with Crippen molar-refractivity contribution in [2.45, 2.75) is 25.3 Å². The van der Waals surface area contributed by atoms with Gasteiger partial charge in [0, 0.05) is 6.54 Å². The van der Waals surface area contributed by atoms with Crippen LogP contribution in [0.1, 0.15) is 19.8 Å². The monoisotopic (exact) mass is 172 g/mol. The number of likely N-dealkylation sites (tertiary alicyclic amines) is 1. The van der Waals surface area contributed by atoms with E-state index in [1.165, 1.54) is 11.8 Å². The van der Waals surface area contributed by atoms with Crippen LogP contribution in [0.25, 0.3) is 0 Å². The fourth-order valence-electron chi connectivity index (χ4n) is 1.54. The number of hydrogen-bond acceptors (Lipinski definition) is 2. The third kappa shape index (κ3) is 1.11. The number of carbonyl (C=O) groups excluding carboxylic acids is 1. The highest BCUT2D eigenvalue weighted by atomic mass is 16.4. The van der Waals surface area contributed by atoms with Crippen molar-refractivity contribution in [1.82, 2.24) is 4.90 Å². The van der Waals surface area contributed by atoms with E-state index >= 15 is 0 Å². The highest BCUT2D eigenvalue weighted by Crippen LogP contribution is 2.28. The Bertz CT molecular complexity index is 229. The van der Waals surface area contributed by atoms with Crippen LogP contribution in [0.3, 0.4) is 0 Å². The average Bonchev–Trinajstić information content (AvgIpc) is 2.32. The second-order valence-corrected chi connectivity index (χ2v) is 3.17. The zero-order valence-corrected chi connectivity index (χ0v) is 6.91. The molecule has 2 amide bonds.